The highest BCUT2D eigenvalue weighted by Crippen LogP contribution is 2.47. The SMILES string of the molecule is COc1cc(C2Nc3ccccc3NC3=CC(C)(C)CC(=O)C32)cc(OC)c1O. The number of fused-ring (bicyclic) bond motifs is 2. The van der Waals surface area contributed by atoms with Crippen molar-refractivity contribution in [2.75, 3.05) is 24.9 Å². The van der Waals surface area contributed by atoms with Crippen molar-refractivity contribution in [1.82, 2.24) is 0 Å². The van der Waals surface area contributed by atoms with Gasteiger partial charge < -0.3 is 25.2 Å². The third kappa shape index (κ3) is 3.39. The molecule has 2 atom stereocenters. The van der Waals surface area contributed by atoms with E-state index in [1.807, 2.05) is 24.3 Å². The molecule has 0 saturated carbocycles. The number of anilines is 2. The number of ether oxygens (including phenoxy) is 2. The minimum atomic E-state index is -0.394. The highest BCUT2D eigenvalue weighted by atomic mass is 16.5. The van der Waals surface area contributed by atoms with Gasteiger partial charge in [0.1, 0.15) is 5.78 Å². The highest BCUT2D eigenvalue weighted by molar-refractivity contribution is 5.90. The van der Waals surface area contributed by atoms with E-state index in [4.69, 9.17) is 9.47 Å². The van der Waals surface area contributed by atoms with Crippen molar-refractivity contribution in [2.24, 2.45) is 11.3 Å². The van der Waals surface area contributed by atoms with Gasteiger partial charge in [0.05, 0.1) is 37.6 Å². The summed E-state index contributed by atoms with van der Waals surface area (Å²) >= 11 is 0. The molecule has 2 aliphatic rings. The van der Waals surface area contributed by atoms with Crippen LogP contribution in [0.15, 0.2) is 48.2 Å². The Morgan fingerprint density at radius 2 is 1.69 bits per heavy atom. The number of phenols is 1. The molecule has 1 aliphatic heterocycles. The lowest BCUT2D eigenvalue weighted by Crippen LogP contribution is -2.36. The fourth-order valence-electron chi connectivity index (χ4n) is 4.27. The number of rotatable bonds is 3. The number of nitrogens with one attached hydrogen (secondary N) is 2. The Balaban J connectivity index is 1.91. The number of hydrogen-bond donors (Lipinski definition) is 3. The number of allylic oxidation sites excluding steroid dienone is 1. The van der Waals surface area contributed by atoms with Crippen LogP contribution in [-0.4, -0.2) is 25.1 Å². The predicted molar refractivity (Wildman–Crippen MR) is 113 cm³/mol. The molecule has 0 amide bonds. The number of Topliss-reactive ketones (excluding diaryl/α,β-unsaturated/α-hetero) is 1. The van der Waals surface area contributed by atoms with E-state index in [2.05, 4.69) is 30.6 Å². The summed E-state index contributed by atoms with van der Waals surface area (Å²) in [7, 11) is 2.99. The van der Waals surface area contributed by atoms with Gasteiger partial charge in [-0.05, 0) is 35.2 Å². The van der Waals surface area contributed by atoms with Gasteiger partial charge in [-0.1, -0.05) is 32.1 Å². The summed E-state index contributed by atoms with van der Waals surface area (Å²) in [6.07, 6.45) is 2.62. The van der Waals surface area contributed by atoms with Crippen molar-refractivity contribution >= 4 is 17.2 Å². The molecular formula is C23H26N2O4. The number of carbonyl (C=O) groups is 1. The second-order valence-electron chi connectivity index (χ2n) is 8.28. The normalized spacial score (nSPS) is 22.2. The minimum Gasteiger partial charge on any atom is -0.502 e. The number of aromatic hydroxyl groups is 1. The first-order valence-electron chi connectivity index (χ1n) is 9.66. The Bertz CT molecular complexity index is 971. The van der Waals surface area contributed by atoms with Crippen LogP contribution < -0.4 is 20.1 Å². The number of hydrogen-bond acceptors (Lipinski definition) is 6. The van der Waals surface area contributed by atoms with Crippen molar-refractivity contribution in [3.63, 3.8) is 0 Å². The topological polar surface area (TPSA) is 79.8 Å². The zero-order chi connectivity index (χ0) is 20.8. The average molecular weight is 394 g/mol. The smallest absolute Gasteiger partial charge is 0.200 e. The Morgan fingerprint density at radius 3 is 2.31 bits per heavy atom. The van der Waals surface area contributed by atoms with Crippen molar-refractivity contribution < 1.29 is 19.4 Å². The van der Waals surface area contributed by atoms with Gasteiger partial charge in [-0.25, -0.2) is 0 Å². The van der Waals surface area contributed by atoms with Crippen LogP contribution in [0.4, 0.5) is 11.4 Å². The second-order valence-corrected chi connectivity index (χ2v) is 8.28. The van der Waals surface area contributed by atoms with Gasteiger partial charge in [0.15, 0.2) is 11.5 Å². The molecule has 1 aliphatic carbocycles. The second kappa shape index (κ2) is 7.03. The minimum absolute atomic E-state index is 0.0576. The predicted octanol–water partition coefficient (Wildman–Crippen LogP) is 4.49. The highest BCUT2D eigenvalue weighted by Gasteiger charge is 2.42. The third-order valence-electron chi connectivity index (χ3n) is 5.57. The van der Waals surface area contributed by atoms with Gasteiger partial charge in [-0.15, -0.1) is 0 Å². The van der Waals surface area contributed by atoms with E-state index in [1.165, 1.54) is 14.2 Å². The van der Waals surface area contributed by atoms with E-state index >= 15 is 0 Å². The molecular weight excluding hydrogens is 368 g/mol. The molecule has 2 aromatic carbocycles. The molecule has 0 spiro atoms. The first-order valence-corrected chi connectivity index (χ1v) is 9.66. The monoisotopic (exact) mass is 394 g/mol. The van der Waals surface area contributed by atoms with E-state index in [0.29, 0.717) is 17.9 Å². The third-order valence-corrected chi connectivity index (χ3v) is 5.57. The number of ketones is 1. The maximum Gasteiger partial charge on any atom is 0.200 e. The average Bonchev–Trinajstić information content (AvgIpc) is 2.83. The molecule has 0 saturated heterocycles. The lowest BCUT2D eigenvalue weighted by molar-refractivity contribution is -0.124. The Hall–Kier alpha value is -3.15. The van der Waals surface area contributed by atoms with Crippen LogP contribution in [-0.2, 0) is 4.79 Å². The fraction of sp³-hybridized carbons (Fsp3) is 0.348. The molecule has 29 heavy (non-hydrogen) atoms. The number of para-hydroxylation sites is 2. The van der Waals surface area contributed by atoms with Crippen LogP contribution in [0.1, 0.15) is 31.9 Å². The summed E-state index contributed by atoms with van der Waals surface area (Å²) in [6, 6.07) is 11.1. The lowest BCUT2D eigenvalue weighted by atomic mass is 9.72. The standard InChI is InChI=1S/C23H26N2O4/c1-23(2)11-16-20(17(26)12-23)21(25-15-8-6-5-7-14(15)24-16)13-9-18(28-3)22(27)19(10-13)29-4/h5-11,20-21,24-25,27H,12H2,1-4H3. The quantitative estimate of drug-likeness (QED) is 0.712. The van der Waals surface area contributed by atoms with Crippen LogP contribution in [0.2, 0.25) is 0 Å². The van der Waals surface area contributed by atoms with Crippen LogP contribution in [0.5, 0.6) is 17.2 Å². The summed E-state index contributed by atoms with van der Waals surface area (Å²) in [5, 5.41) is 17.3. The molecule has 2 aromatic rings. The first kappa shape index (κ1) is 19.2. The maximum atomic E-state index is 13.3. The van der Waals surface area contributed by atoms with Crippen LogP contribution in [0.25, 0.3) is 0 Å². The van der Waals surface area contributed by atoms with E-state index < -0.39 is 5.92 Å². The van der Waals surface area contributed by atoms with Gasteiger partial charge in [0, 0.05) is 12.1 Å². The van der Waals surface area contributed by atoms with Gasteiger partial charge in [-0.3, -0.25) is 4.79 Å². The van der Waals surface area contributed by atoms with Gasteiger partial charge >= 0.3 is 0 Å². The molecule has 3 N–H and O–H groups in total. The van der Waals surface area contributed by atoms with Crippen molar-refractivity contribution in [3.05, 3.63) is 53.7 Å². The molecule has 4 rings (SSSR count). The molecule has 6 heteroatoms. The summed E-state index contributed by atoms with van der Waals surface area (Å²) in [4.78, 5) is 13.3. The molecule has 6 nitrogen and oxygen atoms in total. The summed E-state index contributed by atoms with van der Waals surface area (Å²) in [6.45, 7) is 4.14. The van der Waals surface area contributed by atoms with Gasteiger partial charge in [0.25, 0.3) is 0 Å². The van der Waals surface area contributed by atoms with E-state index in [0.717, 1.165) is 22.6 Å². The van der Waals surface area contributed by atoms with E-state index in [9.17, 15) is 9.90 Å². The fourth-order valence-corrected chi connectivity index (χ4v) is 4.27. The van der Waals surface area contributed by atoms with Crippen molar-refractivity contribution in [2.45, 2.75) is 26.3 Å². The summed E-state index contributed by atoms with van der Waals surface area (Å²) in [5.41, 5.74) is 3.31. The lowest BCUT2D eigenvalue weighted by Gasteiger charge is -2.35. The van der Waals surface area contributed by atoms with Crippen molar-refractivity contribution in [3.8, 4) is 17.2 Å². The number of carbonyl (C=O) groups excluding carboxylic acids is 1. The summed E-state index contributed by atoms with van der Waals surface area (Å²) in [5.74, 6) is 0.324. The number of methoxy groups -OCH3 is 2. The Labute approximate surface area is 170 Å². The molecule has 0 fully saturated rings. The number of benzene rings is 2. The molecule has 0 aromatic heterocycles. The maximum absolute atomic E-state index is 13.3. The molecule has 2 unspecified atom stereocenters. The Kier molecular flexibility index (Phi) is 4.65. The van der Waals surface area contributed by atoms with Gasteiger partial charge in [-0.2, -0.15) is 0 Å². The van der Waals surface area contributed by atoms with Crippen LogP contribution >= 0.6 is 0 Å². The van der Waals surface area contributed by atoms with E-state index in [-0.39, 0.29) is 23.0 Å². The van der Waals surface area contributed by atoms with Crippen LogP contribution in [0.3, 0.4) is 0 Å². The van der Waals surface area contributed by atoms with E-state index in [1.54, 1.807) is 12.1 Å². The molecule has 1 heterocycles. The zero-order valence-electron chi connectivity index (χ0n) is 17.1. The zero-order valence-corrected chi connectivity index (χ0v) is 17.1. The first-order chi connectivity index (χ1) is 13.8. The van der Waals surface area contributed by atoms with Crippen molar-refractivity contribution in [1.29, 1.82) is 0 Å². The molecule has 0 radical (unpaired) electrons. The van der Waals surface area contributed by atoms with Crippen LogP contribution in [0, 0.1) is 11.3 Å². The largest absolute Gasteiger partial charge is 0.502 e. The molecule has 0 bridgehead atoms. The van der Waals surface area contributed by atoms with Gasteiger partial charge in [0.2, 0.25) is 5.75 Å². The summed E-state index contributed by atoms with van der Waals surface area (Å²) < 4.78 is 10.7. The molecule has 152 valence electrons. The Morgan fingerprint density at radius 1 is 1.07 bits per heavy atom. The number of phenolic OH excluding ortho intramolecular Hbond substituents is 1.